The van der Waals surface area contributed by atoms with Crippen molar-refractivity contribution in [2.75, 3.05) is 38.3 Å². The molecule has 0 aliphatic carbocycles. The van der Waals surface area contributed by atoms with Gasteiger partial charge in [0.2, 0.25) is 5.95 Å². The highest BCUT2D eigenvalue weighted by atomic mass is 19.1. The average Bonchev–Trinajstić information content (AvgIpc) is 2.75. The monoisotopic (exact) mass is 429 g/mol. The lowest BCUT2D eigenvalue weighted by atomic mass is 10.1. The second-order valence-corrected chi connectivity index (χ2v) is 7.64. The first kappa shape index (κ1) is 21.5. The molecule has 164 valence electrons. The highest BCUT2D eigenvalue weighted by Gasteiger charge is 2.25. The Labute approximate surface area is 179 Å². The van der Waals surface area contributed by atoms with Crippen molar-refractivity contribution in [2.24, 2.45) is 0 Å². The van der Waals surface area contributed by atoms with Gasteiger partial charge in [-0.25, -0.2) is 23.7 Å². The van der Waals surface area contributed by atoms with Gasteiger partial charge in [-0.05, 0) is 38.8 Å². The molecule has 1 aromatic carbocycles. The molecular weight excluding hydrogens is 404 g/mol. The number of fused-ring (bicyclic) bond motifs is 1. The Morgan fingerprint density at radius 3 is 2.71 bits per heavy atom. The molecule has 1 atom stereocenters. The smallest absolute Gasteiger partial charge is 0.228 e. The van der Waals surface area contributed by atoms with Gasteiger partial charge in [-0.15, -0.1) is 0 Å². The molecule has 4 rings (SSSR count). The standard InChI is InChI=1S/C22H25F2N5O2/c1-13-14(2)26-21-20(25-13)19(17-7-6-15(23)11-18(17)24)27-22(28-21)29-8-10-31-16(12-29)5-4-9-30-3/h6-7,11,16H,4-5,8-10,12H2,1-3H3/t16-/m0/s1. The van der Waals surface area contributed by atoms with Gasteiger partial charge < -0.3 is 14.4 Å². The van der Waals surface area contributed by atoms with Gasteiger partial charge >= 0.3 is 0 Å². The van der Waals surface area contributed by atoms with Gasteiger partial charge in [-0.3, -0.25) is 0 Å². The Bertz CT molecular complexity index is 1100. The number of hydrogen-bond acceptors (Lipinski definition) is 7. The van der Waals surface area contributed by atoms with Crippen LogP contribution in [0.2, 0.25) is 0 Å². The Balaban J connectivity index is 1.77. The number of morpholine rings is 1. The molecule has 0 bridgehead atoms. The highest BCUT2D eigenvalue weighted by Crippen LogP contribution is 2.30. The van der Waals surface area contributed by atoms with Gasteiger partial charge in [0.05, 0.1) is 24.1 Å². The predicted octanol–water partition coefficient (Wildman–Crippen LogP) is 3.61. The van der Waals surface area contributed by atoms with Crippen LogP contribution in [0.5, 0.6) is 0 Å². The van der Waals surface area contributed by atoms with Gasteiger partial charge in [0.1, 0.15) is 22.8 Å². The molecule has 1 saturated heterocycles. The van der Waals surface area contributed by atoms with Crippen molar-refractivity contribution in [1.82, 2.24) is 19.9 Å². The van der Waals surface area contributed by atoms with Crippen LogP contribution in [0.15, 0.2) is 18.2 Å². The number of rotatable bonds is 6. The first-order valence-corrected chi connectivity index (χ1v) is 10.3. The molecule has 1 aliphatic rings. The molecule has 3 heterocycles. The topological polar surface area (TPSA) is 73.3 Å². The Morgan fingerprint density at radius 2 is 1.94 bits per heavy atom. The average molecular weight is 429 g/mol. The lowest BCUT2D eigenvalue weighted by molar-refractivity contribution is 0.0288. The molecule has 0 unspecified atom stereocenters. The van der Waals surface area contributed by atoms with E-state index in [0.717, 1.165) is 24.6 Å². The zero-order valence-electron chi connectivity index (χ0n) is 17.9. The maximum absolute atomic E-state index is 14.7. The van der Waals surface area contributed by atoms with Crippen molar-refractivity contribution in [3.05, 3.63) is 41.2 Å². The van der Waals surface area contributed by atoms with Crippen molar-refractivity contribution < 1.29 is 18.3 Å². The third kappa shape index (κ3) is 4.62. The molecule has 7 nitrogen and oxygen atoms in total. The fourth-order valence-corrected chi connectivity index (χ4v) is 3.64. The minimum absolute atomic E-state index is 0.0278. The molecule has 31 heavy (non-hydrogen) atoms. The highest BCUT2D eigenvalue weighted by molar-refractivity contribution is 5.88. The number of methoxy groups -OCH3 is 1. The van der Waals surface area contributed by atoms with Gasteiger partial charge in [0.25, 0.3) is 0 Å². The van der Waals surface area contributed by atoms with E-state index in [1.165, 1.54) is 12.1 Å². The summed E-state index contributed by atoms with van der Waals surface area (Å²) in [6.07, 6.45) is 1.78. The summed E-state index contributed by atoms with van der Waals surface area (Å²) in [5, 5.41) is 0. The summed E-state index contributed by atoms with van der Waals surface area (Å²) in [6.45, 7) is 6.11. The number of ether oxygens (including phenoxy) is 2. The number of nitrogens with zero attached hydrogens (tertiary/aromatic N) is 5. The van der Waals surface area contributed by atoms with Crippen LogP contribution in [0.3, 0.4) is 0 Å². The van der Waals surface area contributed by atoms with Crippen LogP contribution in [-0.4, -0.2) is 59.5 Å². The molecule has 1 fully saturated rings. The van der Waals surface area contributed by atoms with Crippen molar-refractivity contribution in [3.63, 3.8) is 0 Å². The number of halogens is 2. The molecule has 0 N–H and O–H groups in total. The molecular formula is C22H25F2N5O2. The summed E-state index contributed by atoms with van der Waals surface area (Å²) in [5.41, 5.74) is 2.68. The van der Waals surface area contributed by atoms with E-state index in [4.69, 9.17) is 9.47 Å². The predicted molar refractivity (Wildman–Crippen MR) is 113 cm³/mol. The van der Waals surface area contributed by atoms with Crippen molar-refractivity contribution in [1.29, 1.82) is 0 Å². The number of hydrogen-bond donors (Lipinski definition) is 0. The number of aromatic nitrogens is 4. The third-order valence-electron chi connectivity index (χ3n) is 5.41. The first-order chi connectivity index (χ1) is 15.0. The van der Waals surface area contributed by atoms with Crippen molar-refractivity contribution in [2.45, 2.75) is 32.8 Å². The Hall–Kier alpha value is -2.78. The zero-order valence-corrected chi connectivity index (χ0v) is 17.9. The van der Waals surface area contributed by atoms with Crippen LogP contribution in [-0.2, 0) is 9.47 Å². The van der Waals surface area contributed by atoms with Crippen molar-refractivity contribution in [3.8, 4) is 11.3 Å². The Morgan fingerprint density at radius 1 is 1.13 bits per heavy atom. The van der Waals surface area contributed by atoms with E-state index < -0.39 is 11.6 Å². The van der Waals surface area contributed by atoms with E-state index in [0.29, 0.717) is 54.8 Å². The second-order valence-electron chi connectivity index (χ2n) is 7.64. The summed E-state index contributed by atoms with van der Waals surface area (Å²) in [4.78, 5) is 20.4. The molecule has 0 spiro atoms. The van der Waals surface area contributed by atoms with Crippen LogP contribution >= 0.6 is 0 Å². The first-order valence-electron chi connectivity index (χ1n) is 10.3. The largest absolute Gasteiger partial charge is 0.385 e. The van der Waals surface area contributed by atoms with Crippen LogP contribution in [0.4, 0.5) is 14.7 Å². The third-order valence-corrected chi connectivity index (χ3v) is 5.41. The second kappa shape index (κ2) is 9.15. The van der Waals surface area contributed by atoms with Crippen LogP contribution in [0.25, 0.3) is 22.4 Å². The maximum Gasteiger partial charge on any atom is 0.228 e. The molecule has 0 amide bonds. The summed E-state index contributed by atoms with van der Waals surface area (Å²) < 4.78 is 39.2. The van der Waals surface area contributed by atoms with Gasteiger partial charge in [0, 0.05) is 38.4 Å². The zero-order chi connectivity index (χ0) is 22.0. The summed E-state index contributed by atoms with van der Waals surface area (Å²) in [5.74, 6) is -0.917. The normalized spacial score (nSPS) is 16.8. The van der Waals surface area contributed by atoms with E-state index in [1.54, 1.807) is 7.11 Å². The van der Waals surface area contributed by atoms with Gasteiger partial charge in [-0.2, -0.15) is 4.98 Å². The lowest BCUT2D eigenvalue weighted by Gasteiger charge is -2.33. The summed E-state index contributed by atoms with van der Waals surface area (Å²) in [7, 11) is 1.68. The Kier molecular flexibility index (Phi) is 6.33. The molecule has 9 heteroatoms. The van der Waals surface area contributed by atoms with Crippen molar-refractivity contribution >= 4 is 17.1 Å². The molecule has 0 saturated carbocycles. The van der Waals surface area contributed by atoms with E-state index in [-0.39, 0.29) is 11.7 Å². The molecule has 1 aliphatic heterocycles. The van der Waals surface area contributed by atoms with E-state index in [9.17, 15) is 8.78 Å². The molecule has 0 radical (unpaired) electrons. The van der Waals surface area contributed by atoms with Gasteiger partial charge in [0.15, 0.2) is 5.65 Å². The van der Waals surface area contributed by atoms with E-state index in [2.05, 4.69) is 19.9 Å². The maximum atomic E-state index is 14.7. The minimum Gasteiger partial charge on any atom is -0.385 e. The van der Waals surface area contributed by atoms with Crippen LogP contribution in [0.1, 0.15) is 24.2 Å². The van der Waals surface area contributed by atoms with E-state index >= 15 is 0 Å². The number of benzene rings is 1. The van der Waals surface area contributed by atoms with Crippen LogP contribution in [0, 0.1) is 25.5 Å². The van der Waals surface area contributed by atoms with Gasteiger partial charge in [-0.1, -0.05) is 0 Å². The van der Waals surface area contributed by atoms with Crippen LogP contribution < -0.4 is 4.90 Å². The quantitative estimate of drug-likeness (QED) is 0.554. The molecule has 2 aromatic heterocycles. The number of anilines is 1. The SMILES string of the molecule is COCCC[C@H]1CN(c2nc(-c3ccc(F)cc3F)c3nc(C)c(C)nc3n2)CCO1. The fraction of sp³-hybridized carbons (Fsp3) is 0.455. The summed E-state index contributed by atoms with van der Waals surface area (Å²) in [6, 6.07) is 3.43. The molecule has 3 aromatic rings. The minimum atomic E-state index is -0.703. The number of aryl methyl sites for hydroxylation is 2. The summed E-state index contributed by atoms with van der Waals surface area (Å²) >= 11 is 0. The van der Waals surface area contributed by atoms with E-state index in [1.807, 2.05) is 18.7 Å². The fourth-order valence-electron chi connectivity index (χ4n) is 3.64. The lowest BCUT2D eigenvalue weighted by Crippen LogP contribution is -2.43.